The first-order chi connectivity index (χ1) is 17.8. The van der Waals surface area contributed by atoms with Gasteiger partial charge in [0.1, 0.15) is 17.0 Å². The molecule has 2 aromatic heterocycles. The maximum Gasteiger partial charge on any atom is 0.435 e. The average molecular weight is 537 g/mol. The normalized spacial score (nSPS) is 15.6. The lowest BCUT2D eigenvalue weighted by Gasteiger charge is -2.33. The van der Waals surface area contributed by atoms with Gasteiger partial charge in [0.05, 0.1) is 11.6 Å². The van der Waals surface area contributed by atoms with E-state index in [9.17, 15) is 23.1 Å². The van der Waals surface area contributed by atoms with E-state index in [1.807, 2.05) is 0 Å². The minimum absolute atomic E-state index is 0.0108. The third kappa shape index (κ3) is 6.44. The number of aromatic hydroxyl groups is 1. The van der Waals surface area contributed by atoms with Gasteiger partial charge in [-0.1, -0.05) is 12.1 Å². The zero-order valence-electron chi connectivity index (χ0n) is 21.7. The van der Waals surface area contributed by atoms with E-state index in [-0.39, 0.29) is 34.8 Å². The number of hydrogen-bond acceptors (Lipinski definition) is 8. The van der Waals surface area contributed by atoms with Crippen molar-refractivity contribution in [3.05, 3.63) is 36.0 Å². The Morgan fingerprint density at radius 1 is 1.16 bits per heavy atom. The Balaban J connectivity index is 1.46. The Morgan fingerprint density at radius 3 is 2.45 bits per heavy atom. The monoisotopic (exact) mass is 536 g/mol. The summed E-state index contributed by atoms with van der Waals surface area (Å²) in [6.07, 6.45) is -3.96. The quantitative estimate of drug-likeness (QED) is 0.477. The van der Waals surface area contributed by atoms with E-state index in [4.69, 9.17) is 9.15 Å². The third-order valence-corrected chi connectivity index (χ3v) is 6.16. The first-order valence-corrected chi connectivity index (χ1v) is 12.3. The van der Waals surface area contributed by atoms with E-state index in [0.717, 1.165) is 6.07 Å². The van der Waals surface area contributed by atoms with Crippen molar-refractivity contribution in [1.29, 1.82) is 0 Å². The van der Waals surface area contributed by atoms with Crippen LogP contribution >= 0.6 is 0 Å². The lowest BCUT2D eigenvalue weighted by molar-refractivity contribution is -0.141. The number of benzene rings is 1. The number of halogens is 3. The zero-order valence-corrected chi connectivity index (χ0v) is 21.7. The smallest absolute Gasteiger partial charge is 0.435 e. The highest BCUT2D eigenvalue weighted by Gasteiger charge is 2.37. The summed E-state index contributed by atoms with van der Waals surface area (Å²) in [6.45, 7) is 7.70. The largest absolute Gasteiger partial charge is 0.507 e. The van der Waals surface area contributed by atoms with Crippen molar-refractivity contribution in [2.24, 2.45) is 0 Å². The average Bonchev–Trinajstić information content (AvgIpc) is 3.49. The number of carbonyl (C=O) groups excluding carboxylic acids is 1. The SMILES string of the molecule is CN(CCN1CCC(n2nc(C(F)(F)F)cc2-c2nnc(-c3ccccc3O)o2)CC1)C(=O)OC(C)(C)C. The van der Waals surface area contributed by atoms with Gasteiger partial charge in [-0.3, -0.25) is 4.68 Å². The van der Waals surface area contributed by atoms with Gasteiger partial charge in [-0.05, 0) is 45.7 Å². The Bertz CT molecular complexity index is 1260. The Morgan fingerprint density at radius 2 is 1.82 bits per heavy atom. The van der Waals surface area contributed by atoms with Crippen LogP contribution in [0.2, 0.25) is 0 Å². The van der Waals surface area contributed by atoms with Crippen LogP contribution in [0.5, 0.6) is 5.75 Å². The Labute approximate surface area is 218 Å². The van der Waals surface area contributed by atoms with Crippen LogP contribution in [0.4, 0.5) is 18.0 Å². The molecule has 1 saturated heterocycles. The summed E-state index contributed by atoms with van der Waals surface area (Å²) < 4.78 is 53.1. The minimum atomic E-state index is -4.65. The van der Waals surface area contributed by atoms with Crippen LogP contribution in [0.3, 0.4) is 0 Å². The van der Waals surface area contributed by atoms with Gasteiger partial charge in [0.25, 0.3) is 11.8 Å². The van der Waals surface area contributed by atoms with E-state index in [1.54, 1.807) is 46.0 Å². The summed E-state index contributed by atoms with van der Waals surface area (Å²) in [4.78, 5) is 15.8. The molecule has 4 rings (SSSR count). The molecule has 0 atom stereocenters. The van der Waals surface area contributed by atoms with Gasteiger partial charge in [-0.15, -0.1) is 10.2 Å². The molecule has 1 aliphatic heterocycles. The molecule has 3 heterocycles. The molecule has 1 aromatic carbocycles. The van der Waals surface area contributed by atoms with Gasteiger partial charge in [-0.25, -0.2) is 4.79 Å². The Kier molecular flexibility index (Phi) is 7.68. The summed E-state index contributed by atoms with van der Waals surface area (Å²) in [5.41, 5.74) is -1.29. The number of likely N-dealkylation sites (N-methyl/N-ethyl adjacent to an activating group) is 1. The number of phenols is 1. The lowest BCUT2D eigenvalue weighted by Crippen LogP contribution is -2.42. The highest BCUT2D eigenvalue weighted by Crippen LogP contribution is 2.36. The van der Waals surface area contributed by atoms with Crippen LogP contribution in [0.15, 0.2) is 34.7 Å². The van der Waals surface area contributed by atoms with Crippen molar-refractivity contribution in [2.45, 2.75) is 51.4 Å². The maximum absolute atomic E-state index is 13.6. The topological polar surface area (TPSA) is 110 Å². The zero-order chi connectivity index (χ0) is 27.7. The first kappa shape index (κ1) is 27.4. The van der Waals surface area contributed by atoms with Crippen molar-refractivity contribution < 1.29 is 32.2 Å². The van der Waals surface area contributed by atoms with E-state index in [1.165, 1.54) is 15.6 Å². The van der Waals surface area contributed by atoms with Gasteiger partial charge in [0, 0.05) is 39.3 Å². The van der Waals surface area contributed by atoms with E-state index in [0.29, 0.717) is 39.0 Å². The number of amides is 1. The standard InChI is InChI=1S/C25H31F3N6O4/c1-24(2,3)38-23(36)32(4)13-14-33-11-9-16(10-12-33)34-18(15-20(31-34)25(26,27)28)22-30-29-21(37-22)17-7-5-6-8-19(17)35/h5-8,15-16,35H,9-14H2,1-4H3. The molecular formula is C25H31F3N6O4. The number of carbonyl (C=O) groups is 1. The summed E-state index contributed by atoms with van der Waals surface area (Å²) in [5.74, 6) is -0.215. The van der Waals surface area contributed by atoms with Gasteiger partial charge < -0.3 is 24.1 Å². The highest BCUT2D eigenvalue weighted by atomic mass is 19.4. The fourth-order valence-corrected chi connectivity index (χ4v) is 4.17. The molecule has 1 N–H and O–H groups in total. The molecule has 1 aliphatic rings. The predicted molar refractivity (Wildman–Crippen MR) is 131 cm³/mol. The van der Waals surface area contributed by atoms with Crippen LogP contribution in [-0.4, -0.2) is 79.8 Å². The number of phenolic OH excluding ortho intramolecular Hbond substituents is 1. The number of alkyl halides is 3. The van der Waals surface area contributed by atoms with Crippen molar-refractivity contribution in [3.63, 3.8) is 0 Å². The molecule has 0 bridgehead atoms. The number of piperidine rings is 1. The molecule has 13 heteroatoms. The van der Waals surface area contributed by atoms with Gasteiger partial charge in [-0.2, -0.15) is 18.3 Å². The number of nitrogens with zero attached hydrogens (tertiary/aromatic N) is 6. The number of rotatable bonds is 6. The highest BCUT2D eigenvalue weighted by molar-refractivity contribution is 5.67. The van der Waals surface area contributed by atoms with Crippen molar-refractivity contribution in [3.8, 4) is 28.8 Å². The molecule has 0 spiro atoms. The van der Waals surface area contributed by atoms with Gasteiger partial charge in [0.2, 0.25) is 0 Å². The van der Waals surface area contributed by atoms with Crippen molar-refractivity contribution in [1.82, 2.24) is 29.8 Å². The maximum atomic E-state index is 13.6. The van der Waals surface area contributed by atoms with E-state index < -0.39 is 23.6 Å². The molecule has 1 amide bonds. The van der Waals surface area contributed by atoms with Gasteiger partial charge >= 0.3 is 12.3 Å². The number of hydrogen-bond donors (Lipinski definition) is 1. The number of likely N-dealkylation sites (tertiary alicyclic amines) is 1. The van der Waals surface area contributed by atoms with Gasteiger partial charge in [0.15, 0.2) is 5.69 Å². The molecule has 0 aliphatic carbocycles. The van der Waals surface area contributed by atoms with Crippen LogP contribution in [0, 0.1) is 0 Å². The summed E-state index contributed by atoms with van der Waals surface area (Å²) in [7, 11) is 1.67. The number of para-hydroxylation sites is 1. The first-order valence-electron chi connectivity index (χ1n) is 12.3. The van der Waals surface area contributed by atoms with Crippen LogP contribution in [-0.2, 0) is 10.9 Å². The minimum Gasteiger partial charge on any atom is -0.507 e. The second-order valence-corrected chi connectivity index (χ2v) is 10.3. The molecule has 0 radical (unpaired) electrons. The summed E-state index contributed by atoms with van der Waals surface area (Å²) >= 11 is 0. The lowest BCUT2D eigenvalue weighted by atomic mass is 10.0. The molecule has 206 valence electrons. The van der Waals surface area contributed by atoms with Crippen LogP contribution in [0.1, 0.15) is 45.3 Å². The van der Waals surface area contributed by atoms with Crippen molar-refractivity contribution in [2.75, 3.05) is 33.2 Å². The Hall–Kier alpha value is -3.61. The molecule has 3 aromatic rings. The molecule has 38 heavy (non-hydrogen) atoms. The molecule has 0 unspecified atom stereocenters. The molecule has 10 nitrogen and oxygen atoms in total. The molecule has 1 fully saturated rings. The fraction of sp³-hybridized carbons (Fsp3) is 0.520. The second kappa shape index (κ2) is 10.6. The van der Waals surface area contributed by atoms with Crippen molar-refractivity contribution >= 4 is 6.09 Å². The van der Waals surface area contributed by atoms with Crippen LogP contribution < -0.4 is 0 Å². The van der Waals surface area contributed by atoms with E-state index >= 15 is 0 Å². The molecule has 0 saturated carbocycles. The second-order valence-electron chi connectivity index (χ2n) is 10.3. The predicted octanol–water partition coefficient (Wildman–Crippen LogP) is 4.83. The summed E-state index contributed by atoms with van der Waals surface area (Å²) in [5, 5.41) is 21.8. The summed E-state index contributed by atoms with van der Waals surface area (Å²) in [6, 6.07) is 6.91. The van der Waals surface area contributed by atoms with E-state index in [2.05, 4.69) is 20.2 Å². The fourth-order valence-electron chi connectivity index (χ4n) is 4.17. The number of aromatic nitrogens is 4. The third-order valence-electron chi connectivity index (χ3n) is 6.16. The number of ether oxygens (including phenoxy) is 1. The molecular weight excluding hydrogens is 505 g/mol. The van der Waals surface area contributed by atoms with Crippen LogP contribution in [0.25, 0.3) is 23.0 Å².